The van der Waals surface area contributed by atoms with E-state index in [-0.39, 0.29) is 40.9 Å². The summed E-state index contributed by atoms with van der Waals surface area (Å²) in [5, 5.41) is 49.9. The maximum absolute atomic E-state index is 14.2. The highest BCUT2D eigenvalue weighted by atomic mass is 79.9. The van der Waals surface area contributed by atoms with Crippen LogP contribution in [0.1, 0.15) is 24.3 Å². The van der Waals surface area contributed by atoms with Crippen LogP contribution in [0, 0.1) is 29.6 Å². The SMILES string of the molecule is O=C1[C@H]2[C@H](CC=C3[C@H]2C[C@H]2C(=O)N(c4cccc(B(O)O)c4)C(=O)[C@H]2[C@H]3c2cc(Br)ccc2O)C(=O)N1c1cccc(B(O)O)c1. The van der Waals surface area contributed by atoms with Crippen LogP contribution in [0.5, 0.6) is 5.75 Å². The molecule has 4 aliphatic rings. The Morgan fingerprint density at radius 2 is 1.24 bits per heavy atom. The minimum atomic E-state index is -1.82. The van der Waals surface area contributed by atoms with Crippen LogP contribution in [0.3, 0.4) is 0 Å². The van der Waals surface area contributed by atoms with Gasteiger partial charge in [-0.1, -0.05) is 51.8 Å². The van der Waals surface area contributed by atoms with Crippen LogP contribution in [0.2, 0.25) is 0 Å². The summed E-state index contributed by atoms with van der Waals surface area (Å²) in [6, 6.07) is 16.6. The van der Waals surface area contributed by atoms with Gasteiger partial charge in [-0.3, -0.25) is 29.0 Å². The van der Waals surface area contributed by atoms with E-state index in [9.17, 15) is 44.4 Å². The number of allylic oxidation sites excluding steroid dienone is 2. The molecule has 2 saturated heterocycles. The second kappa shape index (κ2) is 11.3. The van der Waals surface area contributed by atoms with Crippen molar-refractivity contribution in [1.82, 2.24) is 0 Å². The van der Waals surface area contributed by atoms with Crippen LogP contribution < -0.4 is 20.7 Å². The number of anilines is 2. The lowest BCUT2D eigenvalue weighted by Gasteiger charge is -2.44. The first-order valence-electron chi connectivity index (χ1n) is 14.8. The van der Waals surface area contributed by atoms with Gasteiger partial charge in [-0.15, -0.1) is 0 Å². The predicted molar refractivity (Wildman–Crippen MR) is 171 cm³/mol. The van der Waals surface area contributed by atoms with Gasteiger partial charge in [-0.2, -0.15) is 0 Å². The number of imide groups is 2. The molecule has 0 radical (unpaired) electrons. The summed E-state index contributed by atoms with van der Waals surface area (Å²) in [5.41, 5.74) is 1.69. The molecule has 4 amide bonds. The Kier molecular flexibility index (Phi) is 7.52. The van der Waals surface area contributed by atoms with Crippen molar-refractivity contribution in [3.8, 4) is 5.75 Å². The average Bonchev–Trinajstić information content (AvgIpc) is 3.44. The van der Waals surface area contributed by atoms with Crippen LogP contribution in [0.25, 0.3) is 0 Å². The summed E-state index contributed by atoms with van der Waals surface area (Å²) in [7, 11) is -3.62. The van der Waals surface area contributed by atoms with Crippen LogP contribution >= 0.6 is 15.9 Å². The van der Waals surface area contributed by atoms with Gasteiger partial charge in [-0.25, -0.2) is 0 Å². The normalized spacial score (nSPS) is 26.9. The summed E-state index contributed by atoms with van der Waals surface area (Å²) < 4.78 is 0.635. The molecule has 2 heterocycles. The first-order valence-corrected chi connectivity index (χ1v) is 15.6. The quantitative estimate of drug-likeness (QED) is 0.146. The van der Waals surface area contributed by atoms with E-state index < -0.39 is 73.4 Å². The lowest BCUT2D eigenvalue weighted by molar-refractivity contribution is -0.126. The second-order valence-corrected chi connectivity index (χ2v) is 13.1. The van der Waals surface area contributed by atoms with Crippen molar-refractivity contribution in [3.05, 3.63) is 88.4 Å². The number of benzene rings is 3. The third-order valence-electron chi connectivity index (χ3n) is 9.83. The topological polar surface area (TPSA) is 176 Å². The molecule has 2 aliphatic heterocycles. The fourth-order valence-electron chi connectivity index (χ4n) is 7.87. The van der Waals surface area contributed by atoms with Gasteiger partial charge in [0, 0.05) is 16.0 Å². The molecule has 3 aromatic carbocycles. The molecule has 11 nitrogen and oxygen atoms in total. The second-order valence-electron chi connectivity index (χ2n) is 12.2. The van der Waals surface area contributed by atoms with Gasteiger partial charge in [0.05, 0.1) is 35.0 Å². The van der Waals surface area contributed by atoms with Crippen LogP contribution in [0.4, 0.5) is 11.4 Å². The van der Waals surface area contributed by atoms with Crippen LogP contribution in [-0.2, 0) is 19.2 Å². The molecule has 5 N–H and O–H groups in total. The standard InChI is InChI=1S/C32H27B2BrN2O9/c35-17-7-10-25(38)23(13-17)26-20-8-9-21-27(31(41)36(29(21)39)18-5-1-3-15(11-18)33(43)44)22(20)14-24-28(26)32(42)37(30(24)40)19-6-2-4-16(12-19)34(45)46/h1-8,10-13,21-22,24,26-28,38,43-46H,9,14H2/t21-,22+,24+,26+,27-,28+/m0/s1. The Labute approximate surface area is 272 Å². The zero-order chi connectivity index (χ0) is 32.6. The number of hydrogen-bond donors (Lipinski definition) is 5. The highest BCUT2D eigenvalue weighted by Crippen LogP contribution is 2.59. The van der Waals surface area contributed by atoms with Gasteiger partial charge in [0.15, 0.2) is 0 Å². The molecule has 0 aromatic heterocycles. The third-order valence-corrected chi connectivity index (χ3v) is 10.3. The Morgan fingerprint density at radius 3 is 1.83 bits per heavy atom. The number of nitrogens with zero attached hydrogens (tertiary/aromatic N) is 2. The highest BCUT2D eigenvalue weighted by Gasteiger charge is 2.62. The van der Waals surface area contributed by atoms with Crippen molar-refractivity contribution in [2.24, 2.45) is 29.6 Å². The summed E-state index contributed by atoms with van der Waals surface area (Å²) >= 11 is 3.45. The van der Waals surface area contributed by atoms with Crippen molar-refractivity contribution in [2.45, 2.75) is 18.8 Å². The molecule has 232 valence electrons. The van der Waals surface area contributed by atoms with E-state index in [1.54, 1.807) is 18.2 Å². The number of halogens is 1. The number of phenolic OH excluding ortho intramolecular Hbond substituents is 1. The smallest absolute Gasteiger partial charge is 0.488 e. The number of carbonyl (C=O) groups excluding carboxylic acids is 4. The summed E-state index contributed by atoms with van der Waals surface area (Å²) in [6.45, 7) is 0. The van der Waals surface area contributed by atoms with Gasteiger partial charge in [0.1, 0.15) is 5.75 Å². The summed E-state index contributed by atoms with van der Waals surface area (Å²) in [5.74, 6) is -6.85. The van der Waals surface area contributed by atoms with Crippen molar-refractivity contribution in [3.63, 3.8) is 0 Å². The molecular formula is C32H27B2BrN2O9. The van der Waals surface area contributed by atoms with E-state index in [1.807, 2.05) is 6.08 Å². The monoisotopic (exact) mass is 684 g/mol. The zero-order valence-corrected chi connectivity index (χ0v) is 25.7. The largest absolute Gasteiger partial charge is 0.508 e. The molecule has 14 heteroatoms. The number of hydrogen-bond acceptors (Lipinski definition) is 9. The van der Waals surface area contributed by atoms with Gasteiger partial charge in [0.2, 0.25) is 23.6 Å². The molecule has 3 fully saturated rings. The first-order chi connectivity index (χ1) is 22.0. The van der Waals surface area contributed by atoms with Crippen molar-refractivity contribution < 1.29 is 44.4 Å². The van der Waals surface area contributed by atoms with Crippen molar-refractivity contribution in [1.29, 1.82) is 0 Å². The average molecular weight is 685 g/mol. The maximum Gasteiger partial charge on any atom is 0.488 e. The number of fused-ring (bicyclic) bond motifs is 4. The fraction of sp³-hybridized carbons (Fsp3) is 0.250. The molecule has 2 aliphatic carbocycles. The molecule has 0 spiro atoms. The molecule has 1 saturated carbocycles. The molecular weight excluding hydrogens is 658 g/mol. The van der Waals surface area contributed by atoms with E-state index in [4.69, 9.17) is 0 Å². The first kappa shape index (κ1) is 30.6. The number of amides is 4. The van der Waals surface area contributed by atoms with Crippen molar-refractivity contribution in [2.75, 3.05) is 9.80 Å². The summed E-state index contributed by atoms with van der Waals surface area (Å²) in [4.78, 5) is 58.4. The fourth-order valence-corrected chi connectivity index (χ4v) is 8.25. The molecule has 3 aromatic rings. The summed E-state index contributed by atoms with van der Waals surface area (Å²) in [6.07, 6.45) is 2.16. The van der Waals surface area contributed by atoms with Crippen LogP contribution in [0.15, 0.2) is 82.9 Å². The lowest BCUT2D eigenvalue weighted by Crippen LogP contribution is -2.43. The van der Waals surface area contributed by atoms with E-state index >= 15 is 0 Å². The minimum Gasteiger partial charge on any atom is -0.508 e. The van der Waals surface area contributed by atoms with E-state index in [2.05, 4.69) is 15.9 Å². The number of phenols is 1. The third kappa shape index (κ3) is 4.66. The Bertz CT molecular complexity index is 1850. The predicted octanol–water partition coefficient (Wildman–Crippen LogP) is 0.559. The highest BCUT2D eigenvalue weighted by molar-refractivity contribution is 9.10. The van der Waals surface area contributed by atoms with Crippen LogP contribution in [-0.4, -0.2) is 63.1 Å². The Morgan fingerprint density at radius 1 is 0.674 bits per heavy atom. The zero-order valence-electron chi connectivity index (χ0n) is 24.1. The Balaban J connectivity index is 1.33. The lowest BCUT2D eigenvalue weighted by atomic mass is 9.57. The maximum atomic E-state index is 14.2. The van der Waals surface area contributed by atoms with Gasteiger partial charge < -0.3 is 25.2 Å². The van der Waals surface area contributed by atoms with E-state index in [1.165, 1.54) is 48.5 Å². The minimum absolute atomic E-state index is 0.0884. The van der Waals surface area contributed by atoms with Gasteiger partial charge >= 0.3 is 14.2 Å². The van der Waals surface area contributed by atoms with Gasteiger partial charge in [-0.05, 0) is 72.1 Å². The number of rotatable bonds is 5. The molecule has 0 bridgehead atoms. The van der Waals surface area contributed by atoms with E-state index in [0.29, 0.717) is 15.6 Å². The van der Waals surface area contributed by atoms with E-state index in [0.717, 1.165) is 9.80 Å². The molecule has 0 unspecified atom stereocenters. The van der Waals surface area contributed by atoms with Gasteiger partial charge in [0.25, 0.3) is 0 Å². The van der Waals surface area contributed by atoms with Crippen molar-refractivity contribution >= 4 is 76.1 Å². The molecule has 7 rings (SSSR count). The molecule has 46 heavy (non-hydrogen) atoms. The number of carbonyl (C=O) groups is 4. The Hall–Kier alpha value is -4.07. The number of aromatic hydroxyl groups is 1. The molecule has 6 atom stereocenters.